The highest BCUT2D eigenvalue weighted by atomic mass is 16.5. The maximum Gasteiger partial charge on any atom is 0.408 e. The minimum absolute atomic E-state index is 0.0340. The molecular weight excluding hydrogens is 544 g/mol. The lowest BCUT2D eigenvalue weighted by atomic mass is 9.71. The molecule has 0 aliphatic heterocycles. The van der Waals surface area contributed by atoms with Crippen molar-refractivity contribution in [3.05, 3.63) is 70.9 Å². The number of hydrogen-bond acceptors (Lipinski definition) is 6. The van der Waals surface area contributed by atoms with E-state index in [1.807, 2.05) is 38.1 Å². The van der Waals surface area contributed by atoms with Gasteiger partial charge in [0.15, 0.2) is 0 Å². The van der Waals surface area contributed by atoms with E-state index in [2.05, 4.69) is 42.7 Å². The van der Waals surface area contributed by atoms with Gasteiger partial charge in [0.1, 0.15) is 24.2 Å². The number of alkyl carbamates (subject to hydrolysis) is 1. The van der Waals surface area contributed by atoms with Crippen molar-refractivity contribution in [1.82, 2.24) is 10.6 Å². The molecule has 2 aromatic carbocycles. The van der Waals surface area contributed by atoms with Crippen molar-refractivity contribution >= 4 is 23.6 Å². The molecule has 1 amide bonds. The number of amides is 1. The molecule has 0 spiro atoms. The maximum atomic E-state index is 12.7. The summed E-state index contributed by atoms with van der Waals surface area (Å²) in [6, 6.07) is 13.1. The number of ketones is 2. The molecule has 43 heavy (non-hydrogen) atoms. The third-order valence-electron chi connectivity index (χ3n) is 8.16. The highest BCUT2D eigenvalue weighted by molar-refractivity contribution is 6.06. The number of ether oxygens (including phenoxy) is 1. The Morgan fingerprint density at radius 1 is 1.02 bits per heavy atom. The van der Waals surface area contributed by atoms with Crippen LogP contribution in [0.1, 0.15) is 82.9 Å². The number of carbonyl (C=O) groups is 4. The van der Waals surface area contributed by atoms with Crippen LogP contribution in [-0.2, 0) is 32.1 Å². The normalized spacial score (nSPS) is 16.9. The van der Waals surface area contributed by atoms with E-state index in [9.17, 15) is 24.3 Å². The van der Waals surface area contributed by atoms with Crippen LogP contribution >= 0.6 is 0 Å². The molecule has 1 fully saturated rings. The zero-order chi connectivity index (χ0) is 31.1. The first-order chi connectivity index (χ1) is 20.4. The molecule has 0 heterocycles. The van der Waals surface area contributed by atoms with Gasteiger partial charge in [-0.3, -0.25) is 9.59 Å². The first-order valence-corrected chi connectivity index (χ1v) is 15.3. The average molecular weight is 589 g/mol. The van der Waals surface area contributed by atoms with Gasteiger partial charge >= 0.3 is 12.1 Å². The monoisotopic (exact) mass is 588 g/mol. The fourth-order valence-electron chi connectivity index (χ4n) is 6.10. The van der Waals surface area contributed by atoms with Gasteiger partial charge in [0, 0.05) is 25.1 Å². The first-order valence-electron chi connectivity index (χ1n) is 15.3. The van der Waals surface area contributed by atoms with Crippen molar-refractivity contribution in [3.63, 3.8) is 0 Å². The highest BCUT2D eigenvalue weighted by Gasteiger charge is 2.38. The predicted octanol–water partition coefficient (Wildman–Crippen LogP) is 6.20. The maximum absolute atomic E-state index is 12.7. The summed E-state index contributed by atoms with van der Waals surface area (Å²) in [4.78, 5) is 49.7. The Balaban J connectivity index is 1.24. The first kappa shape index (κ1) is 32.0. The van der Waals surface area contributed by atoms with Gasteiger partial charge in [-0.2, -0.15) is 0 Å². The van der Waals surface area contributed by atoms with Crippen molar-refractivity contribution < 1.29 is 29.0 Å². The molecule has 1 unspecified atom stereocenters. The summed E-state index contributed by atoms with van der Waals surface area (Å²) in [5, 5.41) is 15.6. The second-order valence-electron chi connectivity index (χ2n) is 13.0. The summed E-state index contributed by atoms with van der Waals surface area (Å²) in [5.41, 5.74) is 6.19. The predicted molar refractivity (Wildman–Crippen MR) is 165 cm³/mol. The minimum atomic E-state index is -1.11. The average Bonchev–Trinajstić information content (AvgIpc) is 3.31. The molecule has 0 bridgehead atoms. The number of carbonyl (C=O) groups excluding carboxylic acids is 3. The summed E-state index contributed by atoms with van der Waals surface area (Å²) in [5.74, 6) is -1.55. The highest BCUT2D eigenvalue weighted by Crippen LogP contribution is 2.38. The lowest BCUT2D eigenvalue weighted by Crippen LogP contribution is -2.41. The molecule has 2 aliphatic carbocycles. The van der Waals surface area contributed by atoms with Crippen LogP contribution in [0.5, 0.6) is 0 Å². The van der Waals surface area contributed by atoms with E-state index in [0.717, 1.165) is 28.8 Å². The summed E-state index contributed by atoms with van der Waals surface area (Å²) in [6.45, 7) is 8.68. The number of carboxylic acids is 1. The smallest absolute Gasteiger partial charge is 0.408 e. The standard InChI is InChI=1S/C35H44N2O6/c1-22(2)16-25(18-29-31(38)19-35(3,4)20-32(29)39)36-15-8-7-14-30(33(40)41)37-34(42)43-21-24-11-9-13-27-26-12-6-5-10-23(26)17-28(24)27/h5-6,9-13,18,22,29-30,36H,7-8,14-17,19-21H2,1-4H3,(H,37,42)(H,40,41). The van der Waals surface area contributed by atoms with Gasteiger partial charge in [-0.25, -0.2) is 9.59 Å². The van der Waals surface area contributed by atoms with Gasteiger partial charge in [0.2, 0.25) is 0 Å². The van der Waals surface area contributed by atoms with E-state index >= 15 is 0 Å². The summed E-state index contributed by atoms with van der Waals surface area (Å²) in [6.07, 6.45) is 4.76. The van der Waals surface area contributed by atoms with E-state index < -0.39 is 24.0 Å². The van der Waals surface area contributed by atoms with E-state index in [0.29, 0.717) is 44.6 Å². The number of benzene rings is 2. The lowest BCUT2D eigenvalue weighted by Gasteiger charge is -2.31. The minimum Gasteiger partial charge on any atom is -0.480 e. The van der Waals surface area contributed by atoms with Crippen LogP contribution in [0.2, 0.25) is 0 Å². The molecule has 8 heteroatoms. The Morgan fingerprint density at radius 3 is 2.42 bits per heavy atom. The van der Waals surface area contributed by atoms with Gasteiger partial charge in [0.05, 0.1) is 5.92 Å². The number of nitrogens with one attached hydrogen (secondary N) is 2. The quantitative estimate of drug-likeness (QED) is 0.161. The largest absolute Gasteiger partial charge is 0.480 e. The fourth-order valence-corrected chi connectivity index (χ4v) is 6.10. The summed E-state index contributed by atoms with van der Waals surface area (Å²) in [7, 11) is 0. The molecule has 230 valence electrons. The number of hydrogen-bond donors (Lipinski definition) is 3. The SMILES string of the molecule is CC(C)CC(=CC1C(=O)CC(C)(C)CC1=O)NCCCCC(NC(=O)OCc1cccc2c1Cc1ccccc1-2)C(=O)O. The van der Waals surface area contributed by atoms with E-state index in [1.54, 1.807) is 6.08 Å². The van der Waals surface area contributed by atoms with Gasteiger partial charge < -0.3 is 20.5 Å². The van der Waals surface area contributed by atoms with Gasteiger partial charge in [-0.15, -0.1) is 0 Å². The number of carboxylic acid groups (broad SMARTS) is 1. The number of Topliss-reactive ketones (excluding diaryl/α,β-unsaturated/α-hetero) is 2. The van der Waals surface area contributed by atoms with E-state index in [-0.39, 0.29) is 30.0 Å². The third-order valence-corrected chi connectivity index (χ3v) is 8.16. The van der Waals surface area contributed by atoms with Crippen molar-refractivity contribution in [1.29, 1.82) is 0 Å². The van der Waals surface area contributed by atoms with E-state index in [4.69, 9.17) is 4.74 Å². The zero-order valence-corrected chi connectivity index (χ0v) is 25.7. The second kappa shape index (κ2) is 14.0. The molecule has 2 aliphatic rings. The molecule has 0 aromatic heterocycles. The molecular formula is C35H44N2O6. The van der Waals surface area contributed by atoms with Crippen LogP contribution < -0.4 is 10.6 Å². The zero-order valence-electron chi connectivity index (χ0n) is 25.7. The number of allylic oxidation sites excluding steroid dienone is 2. The van der Waals surface area contributed by atoms with E-state index in [1.165, 1.54) is 11.1 Å². The number of unbranched alkanes of at least 4 members (excludes halogenated alkanes) is 1. The number of rotatable bonds is 13. The van der Waals surface area contributed by atoms with Crippen LogP contribution in [0.15, 0.2) is 54.2 Å². The van der Waals surface area contributed by atoms with Crippen molar-refractivity contribution in [2.75, 3.05) is 6.54 Å². The lowest BCUT2D eigenvalue weighted by molar-refractivity contribution is -0.140. The second-order valence-corrected chi connectivity index (χ2v) is 13.0. The molecule has 4 rings (SSSR count). The molecule has 1 saturated carbocycles. The van der Waals surface area contributed by atoms with Crippen molar-refractivity contribution in [2.24, 2.45) is 17.3 Å². The third kappa shape index (κ3) is 8.55. The Hall–Kier alpha value is -3.94. The van der Waals surface area contributed by atoms with Crippen molar-refractivity contribution in [3.8, 4) is 11.1 Å². The molecule has 1 atom stereocenters. The molecule has 3 N–H and O–H groups in total. The van der Waals surface area contributed by atoms with Crippen LogP contribution in [0.25, 0.3) is 11.1 Å². The van der Waals surface area contributed by atoms with Crippen molar-refractivity contribution in [2.45, 2.75) is 85.3 Å². The van der Waals surface area contributed by atoms with Crippen LogP contribution in [0.4, 0.5) is 4.79 Å². The Bertz CT molecular complexity index is 1370. The van der Waals surface area contributed by atoms with Crippen LogP contribution in [0.3, 0.4) is 0 Å². The van der Waals surface area contributed by atoms with Crippen LogP contribution in [-0.4, -0.2) is 41.3 Å². The Kier molecular flexibility index (Phi) is 10.4. The van der Waals surface area contributed by atoms with Gasteiger partial charge in [0.25, 0.3) is 0 Å². The molecule has 8 nitrogen and oxygen atoms in total. The summed E-state index contributed by atoms with van der Waals surface area (Å²) < 4.78 is 5.44. The summed E-state index contributed by atoms with van der Waals surface area (Å²) >= 11 is 0. The van der Waals surface area contributed by atoms with Gasteiger partial charge in [-0.1, -0.05) is 70.2 Å². The molecule has 0 radical (unpaired) electrons. The fraction of sp³-hybridized carbons (Fsp3) is 0.486. The Labute approximate surface area is 254 Å². The number of fused-ring (bicyclic) bond motifs is 3. The molecule has 0 saturated heterocycles. The number of aliphatic carboxylic acids is 1. The van der Waals surface area contributed by atoms with Gasteiger partial charge in [-0.05, 0) is 77.3 Å². The van der Waals surface area contributed by atoms with Crippen LogP contribution in [0, 0.1) is 17.3 Å². The Morgan fingerprint density at radius 2 is 1.72 bits per heavy atom. The topological polar surface area (TPSA) is 122 Å². The molecule has 2 aromatic rings.